The van der Waals surface area contributed by atoms with Crippen LogP contribution in [0.5, 0.6) is 0 Å². The van der Waals surface area contributed by atoms with E-state index < -0.39 is 5.54 Å². The highest BCUT2D eigenvalue weighted by Crippen LogP contribution is 2.38. The van der Waals surface area contributed by atoms with Gasteiger partial charge in [0.1, 0.15) is 0 Å². The lowest BCUT2D eigenvalue weighted by Crippen LogP contribution is -2.44. The highest BCUT2D eigenvalue weighted by atomic mass is 35.5. The van der Waals surface area contributed by atoms with Gasteiger partial charge in [-0.15, -0.1) is 12.4 Å². The van der Waals surface area contributed by atoms with E-state index >= 15 is 0 Å². The molecule has 1 aliphatic carbocycles. The number of hydrogen-bond acceptors (Lipinski definition) is 5. The van der Waals surface area contributed by atoms with Crippen LogP contribution in [-0.2, 0) is 5.54 Å². The fraction of sp³-hybridized carbons (Fsp3) is 0.267. The van der Waals surface area contributed by atoms with Crippen molar-refractivity contribution in [3.63, 3.8) is 0 Å². The van der Waals surface area contributed by atoms with Crippen molar-refractivity contribution >= 4 is 23.3 Å². The number of fused-ring (bicyclic) bond motifs is 1. The topological polar surface area (TPSA) is 77.8 Å². The molecule has 0 radical (unpaired) electrons. The molecular formula is C15H15ClN4O. The van der Waals surface area contributed by atoms with Gasteiger partial charge in [-0.25, -0.2) is 0 Å². The quantitative estimate of drug-likeness (QED) is 0.787. The van der Waals surface area contributed by atoms with E-state index in [-0.39, 0.29) is 12.4 Å². The zero-order chi connectivity index (χ0) is 13.6. The van der Waals surface area contributed by atoms with Gasteiger partial charge in [0.25, 0.3) is 5.89 Å². The second-order valence-electron chi connectivity index (χ2n) is 5.31. The van der Waals surface area contributed by atoms with E-state index in [1.807, 2.05) is 30.3 Å². The Morgan fingerprint density at radius 3 is 2.71 bits per heavy atom. The van der Waals surface area contributed by atoms with Gasteiger partial charge in [-0.2, -0.15) is 4.98 Å². The molecule has 6 heteroatoms. The molecule has 3 aromatic rings. The number of halogens is 1. The Kier molecular flexibility index (Phi) is 3.39. The summed E-state index contributed by atoms with van der Waals surface area (Å²) in [5.41, 5.74) is 7.54. The molecule has 2 N–H and O–H groups in total. The van der Waals surface area contributed by atoms with E-state index in [4.69, 9.17) is 10.3 Å². The van der Waals surface area contributed by atoms with Crippen molar-refractivity contribution in [1.29, 1.82) is 0 Å². The minimum Gasteiger partial charge on any atom is -0.334 e. The number of nitrogens with zero attached hydrogens (tertiary/aromatic N) is 3. The van der Waals surface area contributed by atoms with Crippen LogP contribution >= 0.6 is 12.4 Å². The zero-order valence-electron chi connectivity index (χ0n) is 11.3. The molecule has 1 fully saturated rings. The van der Waals surface area contributed by atoms with Gasteiger partial charge in [0.05, 0.1) is 16.6 Å². The molecule has 0 unspecified atom stereocenters. The minimum absolute atomic E-state index is 0. The summed E-state index contributed by atoms with van der Waals surface area (Å²) in [6, 6.07) is 9.84. The first-order valence-electron chi connectivity index (χ1n) is 6.73. The summed E-state index contributed by atoms with van der Waals surface area (Å²) >= 11 is 0. The Morgan fingerprint density at radius 2 is 1.95 bits per heavy atom. The fourth-order valence-corrected chi connectivity index (χ4v) is 2.59. The molecule has 1 aromatic carbocycles. The molecule has 1 aliphatic rings. The highest BCUT2D eigenvalue weighted by Gasteiger charge is 2.39. The van der Waals surface area contributed by atoms with Crippen molar-refractivity contribution in [3.8, 4) is 11.5 Å². The summed E-state index contributed by atoms with van der Waals surface area (Å²) in [5, 5.41) is 5.11. The van der Waals surface area contributed by atoms with E-state index in [9.17, 15) is 0 Å². The molecule has 21 heavy (non-hydrogen) atoms. The van der Waals surface area contributed by atoms with E-state index in [1.54, 1.807) is 6.20 Å². The molecule has 1 saturated carbocycles. The molecule has 4 rings (SSSR count). The van der Waals surface area contributed by atoms with Crippen LogP contribution < -0.4 is 5.73 Å². The molecule has 0 atom stereocenters. The Hall–Kier alpha value is -1.98. The summed E-state index contributed by atoms with van der Waals surface area (Å²) in [4.78, 5) is 8.89. The lowest BCUT2D eigenvalue weighted by Gasteiger charge is -2.34. The molecular weight excluding hydrogens is 288 g/mol. The summed E-state index contributed by atoms with van der Waals surface area (Å²) in [5.74, 6) is 1.09. The maximum Gasteiger partial charge on any atom is 0.260 e. The summed E-state index contributed by atoms with van der Waals surface area (Å²) in [6.07, 6.45) is 4.72. The summed E-state index contributed by atoms with van der Waals surface area (Å²) < 4.78 is 5.40. The van der Waals surface area contributed by atoms with Gasteiger partial charge >= 0.3 is 0 Å². The minimum atomic E-state index is -0.403. The van der Waals surface area contributed by atoms with Crippen LogP contribution in [0.3, 0.4) is 0 Å². The van der Waals surface area contributed by atoms with Crippen LogP contribution in [-0.4, -0.2) is 15.1 Å². The molecule has 2 heterocycles. The van der Waals surface area contributed by atoms with Crippen molar-refractivity contribution in [1.82, 2.24) is 15.1 Å². The third-order valence-electron chi connectivity index (χ3n) is 3.98. The van der Waals surface area contributed by atoms with Gasteiger partial charge in [0, 0.05) is 11.6 Å². The Morgan fingerprint density at radius 1 is 1.14 bits per heavy atom. The first-order valence-corrected chi connectivity index (χ1v) is 6.73. The largest absolute Gasteiger partial charge is 0.334 e. The monoisotopic (exact) mass is 302 g/mol. The second-order valence-corrected chi connectivity index (χ2v) is 5.31. The first kappa shape index (κ1) is 14.0. The number of rotatable bonds is 2. The van der Waals surface area contributed by atoms with Gasteiger partial charge in [0.2, 0.25) is 0 Å². The Bertz CT molecular complexity index is 777. The van der Waals surface area contributed by atoms with Crippen molar-refractivity contribution in [2.75, 3.05) is 0 Å². The van der Waals surface area contributed by atoms with Crippen molar-refractivity contribution in [3.05, 3.63) is 42.4 Å². The van der Waals surface area contributed by atoms with Crippen molar-refractivity contribution < 1.29 is 4.52 Å². The summed E-state index contributed by atoms with van der Waals surface area (Å²) in [6.45, 7) is 0. The normalized spacial score (nSPS) is 16.2. The maximum atomic E-state index is 6.23. The number of nitrogens with two attached hydrogens (primary N) is 1. The molecule has 2 aromatic heterocycles. The van der Waals surface area contributed by atoms with E-state index in [2.05, 4.69) is 15.1 Å². The third kappa shape index (κ3) is 2.18. The van der Waals surface area contributed by atoms with E-state index in [0.717, 1.165) is 35.7 Å². The average Bonchev–Trinajstić information content (AvgIpc) is 2.94. The van der Waals surface area contributed by atoms with Gasteiger partial charge in [-0.1, -0.05) is 23.4 Å². The lowest BCUT2D eigenvalue weighted by molar-refractivity contribution is 0.229. The first-order chi connectivity index (χ1) is 9.76. The average molecular weight is 303 g/mol. The molecule has 0 bridgehead atoms. The lowest BCUT2D eigenvalue weighted by atomic mass is 9.77. The SMILES string of the molecule is Cl.NC1(c2noc(-c3cccc4cccnc34)n2)CCC1. The van der Waals surface area contributed by atoms with Crippen LogP contribution in [0.1, 0.15) is 25.1 Å². The fourth-order valence-electron chi connectivity index (χ4n) is 2.59. The molecule has 0 saturated heterocycles. The third-order valence-corrected chi connectivity index (χ3v) is 3.98. The van der Waals surface area contributed by atoms with Crippen LogP contribution in [0.4, 0.5) is 0 Å². The van der Waals surface area contributed by atoms with Crippen molar-refractivity contribution in [2.45, 2.75) is 24.8 Å². The zero-order valence-corrected chi connectivity index (χ0v) is 12.1. The predicted molar refractivity (Wildman–Crippen MR) is 82.0 cm³/mol. The standard InChI is InChI=1S/C15H14N4O.ClH/c16-15(7-3-8-15)14-18-13(20-19-14)11-6-1-4-10-5-2-9-17-12(10)11;/h1-2,4-6,9H,3,7-8,16H2;1H. The smallest absolute Gasteiger partial charge is 0.260 e. The van der Waals surface area contributed by atoms with E-state index in [0.29, 0.717) is 11.7 Å². The predicted octanol–water partition coefficient (Wildman–Crippen LogP) is 3.04. The van der Waals surface area contributed by atoms with Crippen LogP contribution in [0.2, 0.25) is 0 Å². The number of aromatic nitrogens is 3. The van der Waals surface area contributed by atoms with Crippen LogP contribution in [0, 0.1) is 0 Å². The highest BCUT2D eigenvalue weighted by molar-refractivity contribution is 5.91. The van der Waals surface area contributed by atoms with Gasteiger partial charge in [-0.3, -0.25) is 4.98 Å². The van der Waals surface area contributed by atoms with E-state index in [1.165, 1.54) is 0 Å². The van der Waals surface area contributed by atoms with Gasteiger partial charge in [0.15, 0.2) is 5.82 Å². The number of benzene rings is 1. The van der Waals surface area contributed by atoms with Crippen molar-refractivity contribution in [2.24, 2.45) is 5.73 Å². The van der Waals surface area contributed by atoms with Crippen LogP contribution in [0.25, 0.3) is 22.4 Å². The maximum absolute atomic E-state index is 6.23. The number of pyridine rings is 1. The Balaban J connectivity index is 0.00000132. The summed E-state index contributed by atoms with van der Waals surface area (Å²) in [7, 11) is 0. The number of hydrogen-bond donors (Lipinski definition) is 1. The number of para-hydroxylation sites is 1. The molecule has 108 valence electrons. The Labute approximate surface area is 128 Å². The van der Waals surface area contributed by atoms with Gasteiger partial charge in [-0.05, 0) is 31.4 Å². The molecule has 0 aliphatic heterocycles. The van der Waals surface area contributed by atoms with Gasteiger partial charge < -0.3 is 10.3 Å². The van der Waals surface area contributed by atoms with Crippen LogP contribution in [0.15, 0.2) is 41.1 Å². The molecule has 0 amide bonds. The second kappa shape index (κ2) is 5.09. The molecule has 0 spiro atoms. The molecule has 5 nitrogen and oxygen atoms in total.